The van der Waals surface area contributed by atoms with Gasteiger partial charge in [-0.2, -0.15) is 0 Å². The highest BCUT2D eigenvalue weighted by molar-refractivity contribution is 6.00. The van der Waals surface area contributed by atoms with Crippen LogP contribution in [0.15, 0.2) is 24.3 Å². The number of ether oxygens (including phenoxy) is 2. The summed E-state index contributed by atoms with van der Waals surface area (Å²) in [7, 11) is 0. The van der Waals surface area contributed by atoms with Gasteiger partial charge in [0.15, 0.2) is 5.41 Å². The highest BCUT2D eigenvalue weighted by atomic mass is 16.6. The lowest BCUT2D eigenvalue weighted by molar-refractivity contribution is -0.385. The molecule has 1 aromatic carbocycles. The van der Waals surface area contributed by atoms with Gasteiger partial charge in [0.1, 0.15) is 0 Å². The molecule has 1 aromatic rings. The number of hydrogen-bond donors (Lipinski definition) is 0. The Morgan fingerprint density at radius 3 is 2.08 bits per heavy atom. The fourth-order valence-electron chi connectivity index (χ4n) is 2.65. The Bertz CT molecular complexity index is 580. The summed E-state index contributed by atoms with van der Waals surface area (Å²) in [5.74, 6) is -1.41. The van der Waals surface area contributed by atoms with E-state index in [1.54, 1.807) is 26.0 Å². The summed E-state index contributed by atoms with van der Waals surface area (Å²) in [5, 5.41) is 11.2. The number of esters is 2. The quantitative estimate of drug-likeness (QED) is 0.297. The lowest BCUT2D eigenvalue weighted by atomic mass is 9.77. The molecule has 7 heteroatoms. The summed E-state index contributed by atoms with van der Waals surface area (Å²) >= 11 is 0. The van der Waals surface area contributed by atoms with Crippen molar-refractivity contribution >= 4 is 17.6 Å². The van der Waals surface area contributed by atoms with Gasteiger partial charge in [0.25, 0.3) is 5.69 Å². The molecule has 0 radical (unpaired) electrons. The minimum atomic E-state index is -1.58. The lowest BCUT2D eigenvalue weighted by Crippen LogP contribution is -2.44. The van der Waals surface area contributed by atoms with Crippen LogP contribution in [0.4, 0.5) is 5.69 Å². The van der Waals surface area contributed by atoms with Gasteiger partial charge in [-0.15, -0.1) is 0 Å². The van der Waals surface area contributed by atoms with E-state index in [1.165, 1.54) is 12.1 Å². The minimum absolute atomic E-state index is 0.112. The molecule has 1 rings (SSSR count). The minimum Gasteiger partial charge on any atom is -0.465 e. The Morgan fingerprint density at radius 2 is 1.62 bits per heavy atom. The van der Waals surface area contributed by atoms with Gasteiger partial charge in [0.05, 0.1) is 18.1 Å². The number of nitro benzene ring substituents is 1. The van der Waals surface area contributed by atoms with Crippen molar-refractivity contribution in [2.75, 3.05) is 13.2 Å². The zero-order chi connectivity index (χ0) is 18.2. The maximum Gasteiger partial charge on any atom is 0.323 e. The molecule has 132 valence electrons. The highest BCUT2D eigenvalue weighted by Gasteiger charge is 2.49. The summed E-state index contributed by atoms with van der Waals surface area (Å²) < 4.78 is 10.2. The van der Waals surface area contributed by atoms with Crippen molar-refractivity contribution in [2.45, 2.75) is 40.0 Å². The first-order valence-corrected chi connectivity index (χ1v) is 7.99. The van der Waals surface area contributed by atoms with Gasteiger partial charge in [0.2, 0.25) is 0 Å². The maximum atomic E-state index is 12.6. The molecule has 0 fully saturated rings. The average Bonchev–Trinajstić information content (AvgIpc) is 2.55. The van der Waals surface area contributed by atoms with Crippen LogP contribution in [0.3, 0.4) is 0 Å². The normalized spacial score (nSPS) is 11.0. The molecule has 24 heavy (non-hydrogen) atoms. The van der Waals surface area contributed by atoms with Crippen LogP contribution in [0.5, 0.6) is 0 Å². The summed E-state index contributed by atoms with van der Waals surface area (Å²) in [6.07, 6.45) is 0.588. The molecule has 0 bridgehead atoms. The molecule has 0 saturated heterocycles. The van der Waals surface area contributed by atoms with Gasteiger partial charge in [0, 0.05) is 18.1 Å². The van der Waals surface area contributed by atoms with Crippen LogP contribution in [-0.2, 0) is 25.5 Å². The van der Waals surface area contributed by atoms with E-state index in [0.717, 1.165) is 0 Å². The SMILES string of the molecule is CCCC(Cc1ccccc1[N+](=O)[O-])(C(=O)OCC)C(=O)OCC. The van der Waals surface area contributed by atoms with Gasteiger partial charge in [-0.05, 0) is 20.3 Å². The predicted molar refractivity (Wildman–Crippen MR) is 87.4 cm³/mol. The number of hydrogen-bond acceptors (Lipinski definition) is 6. The number of benzene rings is 1. The molecule has 0 aliphatic carbocycles. The van der Waals surface area contributed by atoms with E-state index in [4.69, 9.17) is 9.47 Å². The smallest absolute Gasteiger partial charge is 0.323 e. The Morgan fingerprint density at radius 1 is 1.08 bits per heavy atom. The van der Waals surface area contributed by atoms with E-state index in [9.17, 15) is 19.7 Å². The van der Waals surface area contributed by atoms with Crippen LogP contribution in [0.2, 0.25) is 0 Å². The van der Waals surface area contributed by atoms with Gasteiger partial charge in [-0.25, -0.2) is 0 Å². The number of rotatable bonds is 9. The summed E-state index contributed by atoms with van der Waals surface area (Å²) in [5.41, 5.74) is -1.41. The number of nitrogens with zero attached hydrogens (tertiary/aromatic N) is 1. The third kappa shape index (κ3) is 4.31. The third-order valence-corrected chi connectivity index (χ3v) is 3.69. The molecular weight excluding hydrogens is 314 g/mol. The molecule has 0 saturated carbocycles. The first-order valence-electron chi connectivity index (χ1n) is 7.99. The van der Waals surface area contributed by atoms with Gasteiger partial charge in [-0.3, -0.25) is 19.7 Å². The average molecular weight is 337 g/mol. The van der Waals surface area contributed by atoms with Crippen LogP contribution in [0.1, 0.15) is 39.2 Å². The summed E-state index contributed by atoms with van der Waals surface area (Å²) in [6.45, 7) is 5.34. The summed E-state index contributed by atoms with van der Waals surface area (Å²) in [4.78, 5) is 35.8. The molecule has 0 atom stereocenters. The molecule has 0 N–H and O–H groups in total. The number of para-hydroxylation sites is 1. The molecule has 0 amide bonds. The topological polar surface area (TPSA) is 95.7 Å². The predicted octanol–water partition coefficient (Wildman–Crippen LogP) is 3.05. The second-order valence-corrected chi connectivity index (χ2v) is 5.34. The second-order valence-electron chi connectivity index (χ2n) is 5.34. The van der Waals surface area contributed by atoms with E-state index < -0.39 is 22.3 Å². The van der Waals surface area contributed by atoms with Crippen molar-refractivity contribution in [1.29, 1.82) is 0 Å². The lowest BCUT2D eigenvalue weighted by Gasteiger charge is -2.28. The van der Waals surface area contributed by atoms with Crippen molar-refractivity contribution in [1.82, 2.24) is 0 Å². The van der Waals surface area contributed by atoms with Crippen LogP contribution in [0, 0.1) is 15.5 Å². The molecule has 0 unspecified atom stereocenters. The summed E-state index contributed by atoms with van der Waals surface area (Å²) in [6, 6.07) is 6.07. The van der Waals surface area contributed by atoms with Crippen molar-refractivity contribution in [3.8, 4) is 0 Å². The molecule has 0 spiro atoms. The van der Waals surface area contributed by atoms with Crippen LogP contribution >= 0.6 is 0 Å². The molecule has 0 aliphatic heterocycles. The number of nitro groups is 1. The fraction of sp³-hybridized carbons (Fsp3) is 0.529. The highest BCUT2D eigenvalue weighted by Crippen LogP contribution is 2.35. The first-order chi connectivity index (χ1) is 11.4. The molecule has 7 nitrogen and oxygen atoms in total. The standard InChI is InChI=1S/C17H23NO6/c1-4-11-17(15(19)23-5-2,16(20)24-6-3)12-13-9-7-8-10-14(13)18(21)22/h7-10H,4-6,11-12H2,1-3H3. The van der Waals surface area contributed by atoms with E-state index in [1.807, 2.05) is 6.92 Å². The Labute approximate surface area is 141 Å². The Hall–Kier alpha value is -2.44. The van der Waals surface area contributed by atoms with E-state index in [0.29, 0.717) is 12.0 Å². The maximum absolute atomic E-state index is 12.6. The molecule has 0 aromatic heterocycles. The first kappa shape index (κ1) is 19.6. The van der Waals surface area contributed by atoms with Crippen LogP contribution in [-0.4, -0.2) is 30.1 Å². The monoisotopic (exact) mass is 337 g/mol. The van der Waals surface area contributed by atoms with Crippen molar-refractivity contribution in [3.63, 3.8) is 0 Å². The molecule has 0 heterocycles. The number of carbonyl (C=O) groups excluding carboxylic acids is 2. The Balaban J connectivity index is 3.38. The zero-order valence-electron chi connectivity index (χ0n) is 14.2. The van der Waals surface area contributed by atoms with Crippen molar-refractivity contribution in [3.05, 3.63) is 39.9 Å². The van der Waals surface area contributed by atoms with Gasteiger partial charge in [-0.1, -0.05) is 31.5 Å². The largest absolute Gasteiger partial charge is 0.465 e. The number of carbonyl (C=O) groups is 2. The van der Waals surface area contributed by atoms with Gasteiger partial charge < -0.3 is 9.47 Å². The van der Waals surface area contributed by atoms with Crippen molar-refractivity contribution in [2.24, 2.45) is 5.41 Å². The van der Waals surface area contributed by atoms with E-state index in [-0.39, 0.29) is 31.7 Å². The van der Waals surface area contributed by atoms with Crippen molar-refractivity contribution < 1.29 is 24.0 Å². The van der Waals surface area contributed by atoms with Crippen LogP contribution < -0.4 is 0 Å². The van der Waals surface area contributed by atoms with E-state index >= 15 is 0 Å². The van der Waals surface area contributed by atoms with E-state index in [2.05, 4.69) is 0 Å². The molecular formula is C17H23NO6. The Kier molecular flexibility index (Phi) is 7.35. The fourth-order valence-corrected chi connectivity index (χ4v) is 2.65. The van der Waals surface area contributed by atoms with Gasteiger partial charge >= 0.3 is 11.9 Å². The molecule has 0 aliphatic rings. The van der Waals surface area contributed by atoms with Crippen LogP contribution in [0.25, 0.3) is 0 Å². The second kappa shape index (κ2) is 9.00. The zero-order valence-corrected chi connectivity index (χ0v) is 14.2. The third-order valence-electron chi connectivity index (χ3n) is 3.69.